The number of rotatable bonds is 5. The molecule has 1 atom stereocenters. The van der Waals surface area contributed by atoms with Gasteiger partial charge in [0.05, 0.1) is 24.8 Å². The first-order chi connectivity index (χ1) is 10.8. The van der Waals surface area contributed by atoms with Gasteiger partial charge in [0.1, 0.15) is 0 Å². The second-order valence-corrected chi connectivity index (χ2v) is 4.94. The average molecular weight is 327 g/mol. The van der Waals surface area contributed by atoms with Crippen molar-refractivity contribution < 1.29 is 23.1 Å². The lowest BCUT2D eigenvalue weighted by Crippen LogP contribution is -2.43. The summed E-state index contributed by atoms with van der Waals surface area (Å²) in [5.74, 6) is -0.563. The number of aliphatic hydroxyl groups is 1. The van der Waals surface area contributed by atoms with E-state index in [2.05, 4.69) is 9.97 Å². The van der Waals surface area contributed by atoms with Gasteiger partial charge in [0, 0.05) is 12.1 Å². The summed E-state index contributed by atoms with van der Waals surface area (Å²) in [6.45, 7) is 0.829. The maximum Gasteiger partial charge on any atom is 0.416 e. The van der Waals surface area contributed by atoms with Gasteiger partial charge < -0.3 is 15.0 Å². The van der Waals surface area contributed by atoms with Gasteiger partial charge in [-0.15, -0.1) is 0 Å². The van der Waals surface area contributed by atoms with Crippen LogP contribution >= 0.6 is 0 Å². The van der Waals surface area contributed by atoms with Crippen LogP contribution in [0.2, 0.25) is 0 Å². The normalized spacial score (nSPS) is 12.9. The number of likely N-dealkylation sites (N-methyl/N-ethyl adjacent to an activating group) is 1. The van der Waals surface area contributed by atoms with E-state index >= 15 is 0 Å². The van der Waals surface area contributed by atoms with Crippen LogP contribution in [-0.4, -0.2) is 51.3 Å². The Hall–Kier alpha value is -2.35. The third-order valence-corrected chi connectivity index (χ3v) is 3.38. The first-order valence-electron chi connectivity index (χ1n) is 6.95. The summed E-state index contributed by atoms with van der Waals surface area (Å²) in [7, 11) is 0. The number of hydrogen-bond donors (Lipinski definition) is 2. The number of nitrogens with one attached hydrogen (secondary N) is 1. The number of hydrogen-bond acceptors (Lipinski definition) is 3. The van der Waals surface area contributed by atoms with Crippen molar-refractivity contribution in [2.45, 2.75) is 19.2 Å². The van der Waals surface area contributed by atoms with Crippen molar-refractivity contribution in [3.8, 4) is 11.3 Å². The molecule has 0 bridgehead atoms. The third kappa shape index (κ3) is 4.10. The van der Waals surface area contributed by atoms with Crippen molar-refractivity contribution in [3.63, 3.8) is 0 Å². The van der Waals surface area contributed by atoms with E-state index in [4.69, 9.17) is 5.11 Å². The highest BCUT2D eigenvalue weighted by Gasteiger charge is 2.39. The lowest BCUT2D eigenvalue weighted by molar-refractivity contribution is -0.206. The number of benzene rings is 1. The number of nitrogens with zero attached hydrogens (tertiary/aromatic N) is 2. The van der Waals surface area contributed by atoms with Gasteiger partial charge in [-0.25, -0.2) is 4.98 Å². The van der Waals surface area contributed by atoms with Crippen molar-refractivity contribution in [2.75, 3.05) is 13.1 Å². The van der Waals surface area contributed by atoms with Crippen LogP contribution in [-0.2, 0) is 0 Å². The zero-order chi connectivity index (χ0) is 17.0. The first-order valence-corrected chi connectivity index (χ1v) is 6.95. The maximum atomic E-state index is 12.4. The van der Waals surface area contributed by atoms with Gasteiger partial charge in [0.25, 0.3) is 5.91 Å². The first kappa shape index (κ1) is 17.0. The molecule has 0 saturated heterocycles. The highest BCUT2D eigenvalue weighted by Crippen LogP contribution is 2.22. The van der Waals surface area contributed by atoms with Crippen molar-refractivity contribution >= 4 is 5.91 Å². The average Bonchev–Trinajstić information content (AvgIpc) is 3.05. The molecule has 1 heterocycles. The van der Waals surface area contributed by atoms with Gasteiger partial charge in [-0.2, -0.15) is 13.2 Å². The molecule has 2 aromatic rings. The highest BCUT2D eigenvalue weighted by molar-refractivity contribution is 5.94. The molecular weight excluding hydrogens is 311 g/mol. The molecular formula is C15H16F3N3O2. The van der Waals surface area contributed by atoms with E-state index in [-0.39, 0.29) is 12.1 Å². The summed E-state index contributed by atoms with van der Waals surface area (Å²) in [4.78, 5) is 20.0. The van der Waals surface area contributed by atoms with Crippen LogP contribution in [0.3, 0.4) is 0 Å². The van der Waals surface area contributed by atoms with E-state index in [1.165, 1.54) is 18.5 Å². The van der Waals surface area contributed by atoms with Crippen LogP contribution in [0.15, 0.2) is 36.8 Å². The fraction of sp³-hybridized carbons (Fsp3) is 0.333. The van der Waals surface area contributed by atoms with Gasteiger partial charge >= 0.3 is 6.18 Å². The number of halogens is 3. The lowest BCUT2D eigenvalue weighted by atomic mass is 10.1. The molecule has 5 nitrogen and oxygen atoms in total. The second-order valence-electron chi connectivity index (χ2n) is 4.94. The number of alkyl halides is 3. The summed E-state index contributed by atoms with van der Waals surface area (Å²) in [5, 5.41) is 9.12. The predicted octanol–water partition coefficient (Wildman–Crippen LogP) is 2.46. The van der Waals surface area contributed by atoms with Gasteiger partial charge in [-0.1, -0.05) is 12.1 Å². The monoisotopic (exact) mass is 327 g/mol. The molecule has 0 aliphatic heterocycles. The Morgan fingerprint density at radius 1 is 1.35 bits per heavy atom. The van der Waals surface area contributed by atoms with Gasteiger partial charge in [-0.05, 0) is 24.6 Å². The molecule has 1 amide bonds. The van der Waals surface area contributed by atoms with Crippen LogP contribution in [0.5, 0.6) is 0 Å². The second kappa shape index (κ2) is 6.82. The molecule has 0 aliphatic rings. The van der Waals surface area contributed by atoms with E-state index in [9.17, 15) is 18.0 Å². The Morgan fingerprint density at radius 2 is 2.00 bits per heavy atom. The zero-order valence-electron chi connectivity index (χ0n) is 12.3. The summed E-state index contributed by atoms with van der Waals surface area (Å²) in [6.07, 6.45) is -4.17. The summed E-state index contributed by atoms with van der Waals surface area (Å²) < 4.78 is 37.3. The fourth-order valence-corrected chi connectivity index (χ4v) is 2.06. The van der Waals surface area contributed by atoms with Crippen molar-refractivity contribution in [2.24, 2.45) is 0 Å². The Kier molecular flexibility index (Phi) is 5.05. The molecule has 124 valence electrons. The van der Waals surface area contributed by atoms with E-state index in [0.717, 1.165) is 16.2 Å². The third-order valence-electron chi connectivity index (χ3n) is 3.38. The molecule has 2 N–H and O–H groups in total. The standard InChI is InChI=1S/C15H16F3N3O2/c1-2-21(8-13(22)15(16,17)18)14(23)11-5-3-10(4-6-11)12-7-19-9-20-12/h3-7,9,13,22H,2,8H2,1H3,(H,19,20)/t13-/m1/s1. The molecule has 0 aliphatic carbocycles. The Labute approximate surface area is 130 Å². The van der Waals surface area contributed by atoms with Crippen LogP contribution in [0.4, 0.5) is 13.2 Å². The largest absolute Gasteiger partial charge is 0.416 e. The van der Waals surface area contributed by atoms with Gasteiger partial charge in [0.15, 0.2) is 6.10 Å². The van der Waals surface area contributed by atoms with Crippen molar-refractivity contribution in [1.29, 1.82) is 0 Å². The van der Waals surface area contributed by atoms with E-state index in [1.54, 1.807) is 25.3 Å². The fourth-order valence-electron chi connectivity index (χ4n) is 2.06. The quantitative estimate of drug-likeness (QED) is 0.886. The predicted molar refractivity (Wildman–Crippen MR) is 77.7 cm³/mol. The Bertz CT molecular complexity index is 639. The number of imidazole rings is 1. The molecule has 0 fully saturated rings. The van der Waals surface area contributed by atoms with Crippen LogP contribution < -0.4 is 0 Å². The number of aromatic nitrogens is 2. The number of aliphatic hydroxyl groups excluding tert-OH is 1. The number of carbonyl (C=O) groups excluding carboxylic acids is 1. The number of H-pyrrole nitrogens is 1. The number of carbonyl (C=O) groups is 1. The Balaban J connectivity index is 2.11. The smallest absolute Gasteiger partial charge is 0.382 e. The van der Waals surface area contributed by atoms with Gasteiger partial charge in [-0.3, -0.25) is 4.79 Å². The molecule has 2 rings (SSSR count). The molecule has 8 heteroatoms. The number of aromatic amines is 1. The Morgan fingerprint density at radius 3 is 2.48 bits per heavy atom. The summed E-state index contributed by atoms with van der Waals surface area (Å²) in [6, 6.07) is 6.41. The topological polar surface area (TPSA) is 69.2 Å². The van der Waals surface area contributed by atoms with Crippen LogP contribution in [0.1, 0.15) is 17.3 Å². The molecule has 0 unspecified atom stereocenters. The molecule has 0 radical (unpaired) electrons. The van der Waals surface area contributed by atoms with Crippen LogP contribution in [0, 0.1) is 0 Å². The molecule has 1 aromatic carbocycles. The maximum absolute atomic E-state index is 12.4. The zero-order valence-corrected chi connectivity index (χ0v) is 12.3. The molecule has 0 saturated carbocycles. The summed E-state index contributed by atoms with van der Waals surface area (Å²) >= 11 is 0. The van der Waals surface area contributed by atoms with Crippen LogP contribution in [0.25, 0.3) is 11.3 Å². The minimum absolute atomic E-state index is 0.0638. The number of amides is 1. The molecule has 0 spiro atoms. The molecule has 1 aromatic heterocycles. The van der Waals surface area contributed by atoms with Gasteiger partial charge in [0.2, 0.25) is 0 Å². The minimum Gasteiger partial charge on any atom is -0.382 e. The lowest BCUT2D eigenvalue weighted by Gasteiger charge is -2.25. The van der Waals surface area contributed by atoms with Crippen molar-refractivity contribution in [1.82, 2.24) is 14.9 Å². The van der Waals surface area contributed by atoms with E-state index in [1.807, 2.05) is 0 Å². The minimum atomic E-state index is -4.75. The highest BCUT2D eigenvalue weighted by atomic mass is 19.4. The SMILES string of the molecule is CCN(C[C@@H](O)C(F)(F)F)C(=O)c1ccc(-c2cnc[nH]2)cc1. The summed E-state index contributed by atoms with van der Waals surface area (Å²) in [5.41, 5.74) is 1.82. The van der Waals surface area contributed by atoms with E-state index < -0.39 is 24.7 Å². The van der Waals surface area contributed by atoms with Crippen molar-refractivity contribution in [3.05, 3.63) is 42.4 Å². The molecule has 23 heavy (non-hydrogen) atoms. The van der Waals surface area contributed by atoms with E-state index in [0.29, 0.717) is 0 Å².